The van der Waals surface area contributed by atoms with Crippen LogP contribution in [0.3, 0.4) is 0 Å². The minimum absolute atomic E-state index is 0.213. The van der Waals surface area contributed by atoms with Gasteiger partial charge in [-0.25, -0.2) is 4.98 Å². The van der Waals surface area contributed by atoms with E-state index in [1.54, 1.807) is 0 Å². The zero-order valence-electron chi connectivity index (χ0n) is 39.6. The molecule has 0 atom stereocenters. The Morgan fingerprint density at radius 1 is 0.361 bits per heavy atom. The molecular formula is C68H42N4. The first kappa shape index (κ1) is 43.3. The van der Waals surface area contributed by atoms with Gasteiger partial charge in [-0.05, 0) is 121 Å². The third kappa shape index (κ3) is 6.99. The number of para-hydroxylation sites is 1. The number of nitrogens with zero attached hydrogens (tertiary/aromatic N) is 4. The summed E-state index contributed by atoms with van der Waals surface area (Å²) < 4.78 is 2.21. The van der Waals surface area contributed by atoms with E-state index in [4.69, 9.17) is 40.6 Å². The summed E-state index contributed by atoms with van der Waals surface area (Å²) in [4.78, 5) is 16.1. The molecule has 11 aromatic rings. The summed E-state index contributed by atoms with van der Waals surface area (Å²) in [5.74, 6) is 13.0. The van der Waals surface area contributed by atoms with E-state index in [0.29, 0.717) is 39.9 Å². The maximum atomic E-state index is 6.26. The van der Waals surface area contributed by atoms with Crippen molar-refractivity contribution in [2.75, 3.05) is 0 Å². The number of fused-ring (bicyclic) bond motifs is 6. The Morgan fingerprint density at radius 3 is 1.61 bits per heavy atom. The highest BCUT2D eigenvalue weighted by molar-refractivity contribution is 6.11. The lowest BCUT2D eigenvalue weighted by molar-refractivity contribution is 0.661. The second kappa shape index (κ2) is 17.2. The van der Waals surface area contributed by atoms with Crippen molar-refractivity contribution in [3.63, 3.8) is 0 Å². The van der Waals surface area contributed by atoms with Crippen molar-refractivity contribution in [2.45, 2.75) is 19.3 Å². The molecule has 0 unspecified atom stereocenters. The van der Waals surface area contributed by atoms with Crippen LogP contribution in [-0.2, 0) is 5.41 Å². The van der Waals surface area contributed by atoms with E-state index < -0.39 is 0 Å². The molecule has 4 nitrogen and oxygen atoms in total. The van der Waals surface area contributed by atoms with E-state index in [1.165, 1.54) is 22.3 Å². The molecule has 1 aliphatic rings. The molecule has 0 fully saturated rings. The molecule has 0 amide bonds. The molecule has 0 bridgehead atoms. The second-order valence-electron chi connectivity index (χ2n) is 18.5. The van der Waals surface area contributed by atoms with Crippen LogP contribution in [0.4, 0.5) is 0 Å². The van der Waals surface area contributed by atoms with Crippen LogP contribution in [0.1, 0.15) is 47.2 Å². The van der Waals surface area contributed by atoms with Gasteiger partial charge in [-0.15, -0.1) is 25.7 Å². The predicted molar refractivity (Wildman–Crippen MR) is 296 cm³/mol. The normalized spacial score (nSPS) is 12.1. The average Bonchev–Trinajstić information content (AvgIpc) is 3.88. The summed E-state index contributed by atoms with van der Waals surface area (Å²) in [6.45, 7) is 4.62. The van der Waals surface area contributed by atoms with Crippen LogP contribution in [0.2, 0.25) is 0 Å². The summed E-state index contributed by atoms with van der Waals surface area (Å²) >= 11 is 0. The predicted octanol–water partition coefficient (Wildman–Crippen LogP) is 15.2. The molecule has 0 aliphatic heterocycles. The molecule has 0 saturated carbocycles. The number of hydrogen-bond donors (Lipinski definition) is 0. The summed E-state index contributed by atoms with van der Waals surface area (Å²) in [6.07, 6.45) is 24.5. The number of benzene rings is 9. The zero-order chi connectivity index (χ0) is 49.1. The first-order valence-electron chi connectivity index (χ1n) is 23.8. The summed E-state index contributed by atoms with van der Waals surface area (Å²) in [7, 11) is 0. The van der Waals surface area contributed by atoms with Gasteiger partial charge in [0.1, 0.15) is 0 Å². The van der Waals surface area contributed by atoms with Gasteiger partial charge in [-0.1, -0.05) is 177 Å². The monoisotopic (exact) mass is 914 g/mol. The van der Waals surface area contributed by atoms with Gasteiger partial charge in [0.25, 0.3) is 0 Å². The number of rotatable bonds is 7. The molecular weight excluding hydrogens is 873 g/mol. The Kier molecular flexibility index (Phi) is 10.4. The van der Waals surface area contributed by atoms with Gasteiger partial charge in [-0.2, -0.15) is 9.97 Å². The SMILES string of the molecule is C#Cc1cccc(-c2ccc(-c3cc(-c4ccccc4)cc(-c4nc(-c5ccccc5)nc(-n5c6ccccc6c6cc7c(cc65)C(C)(C)c5ccccc5-7)n4)c3)cc2-c2cccc(C#C)c2C#C)c1C#C. The fraction of sp³-hybridized carbons (Fsp3) is 0.0441. The summed E-state index contributed by atoms with van der Waals surface area (Å²) in [5.41, 5.74) is 18.3. The van der Waals surface area contributed by atoms with E-state index in [9.17, 15) is 0 Å². The van der Waals surface area contributed by atoms with Gasteiger partial charge in [0, 0.05) is 49.6 Å². The molecule has 1 aliphatic carbocycles. The highest BCUT2D eigenvalue weighted by atomic mass is 15.2. The minimum Gasteiger partial charge on any atom is -0.278 e. The Balaban J connectivity index is 1.11. The van der Waals surface area contributed by atoms with E-state index in [2.05, 4.69) is 163 Å². The van der Waals surface area contributed by atoms with Crippen molar-refractivity contribution in [1.82, 2.24) is 19.5 Å². The van der Waals surface area contributed by atoms with E-state index in [0.717, 1.165) is 77.4 Å². The average molecular weight is 915 g/mol. The van der Waals surface area contributed by atoms with Crippen LogP contribution in [0.25, 0.3) is 106 Å². The highest BCUT2D eigenvalue weighted by Crippen LogP contribution is 2.51. The van der Waals surface area contributed by atoms with Crippen molar-refractivity contribution in [3.05, 3.63) is 228 Å². The standard InChI is InChI=1S/C68H42N4/c1-7-43-27-21-31-53(51(43)9-3)55-36-35-47(40-58(55)54-32-22-28-44(8-2)52(54)10-4)49-37-48(45-23-13-11-14-24-45)38-50(39-49)66-69-65(46-25-15-12-16-26-46)70-67(71-66)72-63-34-20-18-30-57(63)60-41-59-56-29-17-19-33-61(56)68(5,6)62(59)42-64(60)72/h1-4,11-42H,5-6H3. The Morgan fingerprint density at radius 2 is 0.931 bits per heavy atom. The Bertz CT molecular complexity index is 4220. The van der Waals surface area contributed by atoms with Gasteiger partial charge in [0.2, 0.25) is 5.95 Å². The van der Waals surface area contributed by atoms with E-state index in [1.807, 2.05) is 72.8 Å². The molecule has 334 valence electrons. The lowest BCUT2D eigenvalue weighted by Crippen LogP contribution is -2.15. The first-order chi connectivity index (χ1) is 35.3. The summed E-state index contributed by atoms with van der Waals surface area (Å²) in [6, 6.07) is 66.9. The zero-order valence-corrected chi connectivity index (χ0v) is 39.6. The molecule has 2 heterocycles. The number of aromatic nitrogens is 4. The fourth-order valence-corrected chi connectivity index (χ4v) is 10.7. The third-order valence-electron chi connectivity index (χ3n) is 14.2. The fourth-order valence-electron chi connectivity index (χ4n) is 10.7. The molecule has 0 spiro atoms. The molecule has 9 aromatic carbocycles. The molecule has 0 radical (unpaired) electrons. The van der Waals surface area contributed by atoms with Crippen LogP contribution in [0.15, 0.2) is 194 Å². The second-order valence-corrected chi connectivity index (χ2v) is 18.5. The van der Waals surface area contributed by atoms with Gasteiger partial charge < -0.3 is 0 Å². The molecule has 72 heavy (non-hydrogen) atoms. The van der Waals surface area contributed by atoms with Crippen LogP contribution in [-0.4, -0.2) is 19.5 Å². The Hall–Kier alpha value is -9.97. The van der Waals surface area contributed by atoms with Gasteiger partial charge >= 0.3 is 0 Å². The topological polar surface area (TPSA) is 43.6 Å². The van der Waals surface area contributed by atoms with Crippen molar-refractivity contribution >= 4 is 21.8 Å². The van der Waals surface area contributed by atoms with Crippen LogP contribution >= 0.6 is 0 Å². The van der Waals surface area contributed by atoms with E-state index in [-0.39, 0.29) is 5.41 Å². The number of hydrogen-bond acceptors (Lipinski definition) is 3. The highest BCUT2D eigenvalue weighted by Gasteiger charge is 2.36. The van der Waals surface area contributed by atoms with Crippen LogP contribution < -0.4 is 0 Å². The van der Waals surface area contributed by atoms with Gasteiger partial charge in [0.05, 0.1) is 11.0 Å². The maximum Gasteiger partial charge on any atom is 0.238 e. The Labute approximate surface area is 419 Å². The third-order valence-corrected chi connectivity index (χ3v) is 14.2. The van der Waals surface area contributed by atoms with Crippen LogP contribution in [0, 0.1) is 49.4 Å². The van der Waals surface area contributed by atoms with E-state index >= 15 is 0 Å². The number of terminal acetylenes is 4. The first-order valence-corrected chi connectivity index (χ1v) is 23.8. The molecule has 0 N–H and O–H groups in total. The summed E-state index contributed by atoms with van der Waals surface area (Å²) in [5, 5.41) is 2.25. The quantitative estimate of drug-likeness (QED) is 0.150. The largest absolute Gasteiger partial charge is 0.278 e. The lowest BCUT2D eigenvalue weighted by atomic mass is 9.82. The molecule has 12 rings (SSSR count). The van der Waals surface area contributed by atoms with Gasteiger partial charge in [-0.3, -0.25) is 4.57 Å². The molecule has 2 aromatic heterocycles. The van der Waals surface area contributed by atoms with Gasteiger partial charge in [0.15, 0.2) is 11.6 Å². The van der Waals surface area contributed by atoms with Crippen molar-refractivity contribution < 1.29 is 0 Å². The van der Waals surface area contributed by atoms with Crippen LogP contribution in [0.5, 0.6) is 0 Å². The molecule has 4 heteroatoms. The van der Waals surface area contributed by atoms with Crippen molar-refractivity contribution in [2.24, 2.45) is 0 Å². The minimum atomic E-state index is -0.213. The lowest BCUT2D eigenvalue weighted by Gasteiger charge is -2.21. The van der Waals surface area contributed by atoms with Crippen molar-refractivity contribution in [1.29, 1.82) is 0 Å². The smallest absolute Gasteiger partial charge is 0.238 e. The maximum absolute atomic E-state index is 6.26. The van der Waals surface area contributed by atoms with Crippen molar-refractivity contribution in [3.8, 4) is 134 Å². The molecule has 0 saturated heterocycles.